The predicted octanol–water partition coefficient (Wildman–Crippen LogP) is 3.16. The fraction of sp³-hybridized carbons (Fsp3) is 0.188. The number of hydrogen-bond donors (Lipinski definition) is 1. The van der Waals surface area contributed by atoms with E-state index in [1.54, 1.807) is 23.9 Å². The quantitative estimate of drug-likeness (QED) is 0.818. The summed E-state index contributed by atoms with van der Waals surface area (Å²) in [5.41, 5.74) is 3.26. The first-order chi connectivity index (χ1) is 9.70. The van der Waals surface area contributed by atoms with Crippen molar-refractivity contribution in [2.75, 3.05) is 7.11 Å². The molecule has 0 radical (unpaired) electrons. The highest BCUT2D eigenvalue weighted by Crippen LogP contribution is 2.39. The summed E-state index contributed by atoms with van der Waals surface area (Å²) in [5.74, 6) is 0.431. The highest BCUT2D eigenvalue weighted by molar-refractivity contribution is 7.98. The van der Waals surface area contributed by atoms with Crippen LogP contribution in [-0.2, 0) is 10.5 Å². The second-order valence-electron chi connectivity index (χ2n) is 4.63. The molecule has 1 aliphatic rings. The van der Waals surface area contributed by atoms with E-state index in [1.165, 1.54) is 7.11 Å². The normalized spacial score (nSPS) is 16.8. The third-order valence-corrected chi connectivity index (χ3v) is 4.60. The topological polar surface area (TPSA) is 46.5 Å². The number of thioether (sulfide) groups is 1. The van der Waals surface area contributed by atoms with Gasteiger partial charge in [-0.05, 0) is 34.9 Å². The number of benzene rings is 2. The number of methoxy groups -OCH3 is 1. The molecular weight excluding hydrogens is 272 g/mol. The molecule has 1 atom stereocenters. The van der Waals surface area contributed by atoms with Gasteiger partial charge in [-0.1, -0.05) is 24.3 Å². The second kappa shape index (κ2) is 5.31. The van der Waals surface area contributed by atoms with E-state index in [0.717, 1.165) is 27.3 Å². The molecule has 3 rings (SSSR count). The first kappa shape index (κ1) is 13.2. The lowest BCUT2D eigenvalue weighted by atomic mass is 9.96. The molecule has 0 fully saturated rings. The molecule has 1 unspecified atom stereocenters. The van der Waals surface area contributed by atoms with Crippen molar-refractivity contribution in [2.24, 2.45) is 0 Å². The van der Waals surface area contributed by atoms with Gasteiger partial charge in [0, 0.05) is 10.6 Å². The van der Waals surface area contributed by atoms with Crippen LogP contribution in [0.5, 0.6) is 0 Å². The molecule has 0 saturated heterocycles. The van der Waals surface area contributed by atoms with Gasteiger partial charge in [-0.2, -0.15) is 0 Å². The Hall–Kier alpha value is -1.78. The van der Waals surface area contributed by atoms with Crippen LogP contribution < -0.4 is 0 Å². The number of aliphatic hydroxyl groups excluding tert-OH is 1. The zero-order valence-electron chi connectivity index (χ0n) is 11.0. The molecule has 1 heterocycles. The molecule has 2 aromatic carbocycles. The predicted molar refractivity (Wildman–Crippen MR) is 77.8 cm³/mol. The Kier molecular flexibility index (Phi) is 3.51. The van der Waals surface area contributed by atoms with Gasteiger partial charge >= 0.3 is 5.97 Å². The number of carbonyl (C=O) groups excluding carboxylic acids is 1. The summed E-state index contributed by atoms with van der Waals surface area (Å²) >= 11 is 1.67. The Bertz CT molecular complexity index is 667. The smallest absolute Gasteiger partial charge is 0.337 e. The minimum atomic E-state index is -0.708. The van der Waals surface area contributed by atoms with E-state index in [1.807, 2.05) is 30.3 Å². The number of carbonyl (C=O) groups is 1. The molecule has 0 saturated carbocycles. The Labute approximate surface area is 121 Å². The fourth-order valence-corrected chi connectivity index (χ4v) is 3.47. The molecule has 102 valence electrons. The molecule has 3 nitrogen and oxygen atoms in total. The van der Waals surface area contributed by atoms with Crippen LogP contribution in [0.25, 0.3) is 0 Å². The summed E-state index contributed by atoms with van der Waals surface area (Å²) in [6.07, 6.45) is -0.708. The number of hydrogen-bond acceptors (Lipinski definition) is 4. The van der Waals surface area contributed by atoms with Gasteiger partial charge in [0.2, 0.25) is 0 Å². The van der Waals surface area contributed by atoms with Gasteiger partial charge in [0.1, 0.15) is 6.10 Å². The van der Waals surface area contributed by atoms with Crippen LogP contribution in [0.1, 0.15) is 33.2 Å². The van der Waals surface area contributed by atoms with Crippen LogP contribution in [0.15, 0.2) is 47.4 Å². The monoisotopic (exact) mass is 286 g/mol. The minimum absolute atomic E-state index is 0.387. The van der Waals surface area contributed by atoms with Crippen molar-refractivity contribution in [3.8, 4) is 0 Å². The number of fused-ring (bicyclic) bond motifs is 2. The summed E-state index contributed by atoms with van der Waals surface area (Å²) in [6.45, 7) is 0. The molecule has 0 bridgehead atoms. The summed E-state index contributed by atoms with van der Waals surface area (Å²) in [6, 6.07) is 13.2. The third kappa shape index (κ3) is 2.21. The molecular formula is C16H14O3S. The molecule has 4 heteroatoms. The first-order valence-corrected chi connectivity index (χ1v) is 7.30. The zero-order valence-corrected chi connectivity index (χ0v) is 11.8. The van der Waals surface area contributed by atoms with E-state index in [0.29, 0.717) is 5.56 Å². The van der Waals surface area contributed by atoms with E-state index in [2.05, 4.69) is 0 Å². The Morgan fingerprint density at radius 1 is 1.25 bits per heavy atom. The van der Waals surface area contributed by atoms with Crippen LogP contribution >= 0.6 is 11.8 Å². The van der Waals surface area contributed by atoms with Crippen molar-refractivity contribution in [1.82, 2.24) is 0 Å². The summed E-state index contributed by atoms with van der Waals surface area (Å²) < 4.78 is 4.74. The summed E-state index contributed by atoms with van der Waals surface area (Å²) in [4.78, 5) is 12.6. The summed E-state index contributed by atoms with van der Waals surface area (Å²) in [5, 5.41) is 10.6. The maximum absolute atomic E-state index is 11.6. The van der Waals surface area contributed by atoms with E-state index in [-0.39, 0.29) is 5.97 Å². The molecule has 1 aliphatic heterocycles. The van der Waals surface area contributed by atoms with Crippen molar-refractivity contribution in [1.29, 1.82) is 0 Å². The van der Waals surface area contributed by atoms with Crippen molar-refractivity contribution in [3.63, 3.8) is 0 Å². The number of esters is 1. The van der Waals surface area contributed by atoms with E-state index >= 15 is 0 Å². The largest absolute Gasteiger partial charge is 0.465 e. The molecule has 0 spiro atoms. The molecule has 0 amide bonds. The Balaban J connectivity index is 2.11. The first-order valence-electron chi connectivity index (χ1n) is 6.31. The molecule has 0 aliphatic carbocycles. The lowest BCUT2D eigenvalue weighted by molar-refractivity contribution is 0.0600. The highest BCUT2D eigenvalue weighted by Gasteiger charge is 2.23. The molecule has 1 N–H and O–H groups in total. The SMILES string of the molecule is COC(=O)c1ccc2c(c1)C(O)c1ccccc1CS2. The van der Waals surface area contributed by atoms with Gasteiger partial charge in [-0.3, -0.25) is 0 Å². The average molecular weight is 286 g/mol. The molecule has 2 aromatic rings. The van der Waals surface area contributed by atoms with Crippen LogP contribution in [0, 0.1) is 0 Å². The zero-order chi connectivity index (χ0) is 14.1. The van der Waals surface area contributed by atoms with Crippen molar-refractivity contribution >= 4 is 17.7 Å². The molecule has 0 aromatic heterocycles. The highest BCUT2D eigenvalue weighted by atomic mass is 32.2. The number of ether oxygens (including phenoxy) is 1. The maximum Gasteiger partial charge on any atom is 0.337 e. The van der Waals surface area contributed by atoms with Crippen molar-refractivity contribution in [3.05, 3.63) is 64.7 Å². The van der Waals surface area contributed by atoms with Crippen molar-refractivity contribution < 1.29 is 14.6 Å². The minimum Gasteiger partial charge on any atom is -0.465 e. The van der Waals surface area contributed by atoms with E-state index in [9.17, 15) is 9.90 Å². The number of rotatable bonds is 1. The van der Waals surface area contributed by atoms with E-state index < -0.39 is 6.10 Å². The lowest BCUT2D eigenvalue weighted by Gasteiger charge is -2.14. The van der Waals surface area contributed by atoms with Crippen LogP contribution in [0.3, 0.4) is 0 Å². The Morgan fingerprint density at radius 2 is 2.05 bits per heavy atom. The standard InChI is InChI=1S/C16H14O3S/c1-19-16(18)10-6-7-14-13(8-10)15(17)12-5-3-2-4-11(12)9-20-14/h2-8,15,17H,9H2,1H3. The molecule has 20 heavy (non-hydrogen) atoms. The van der Waals surface area contributed by atoms with E-state index in [4.69, 9.17) is 4.74 Å². The maximum atomic E-state index is 11.6. The lowest BCUT2D eigenvalue weighted by Crippen LogP contribution is -2.06. The summed E-state index contributed by atoms with van der Waals surface area (Å²) in [7, 11) is 1.36. The van der Waals surface area contributed by atoms with Gasteiger partial charge < -0.3 is 9.84 Å². The second-order valence-corrected chi connectivity index (χ2v) is 5.65. The Morgan fingerprint density at radius 3 is 2.85 bits per heavy atom. The third-order valence-electron chi connectivity index (χ3n) is 3.46. The van der Waals surface area contributed by atoms with Gasteiger partial charge in [-0.15, -0.1) is 11.8 Å². The average Bonchev–Trinajstić information content (AvgIpc) is 2.64. The van der Waals surface area contributed by atoms with Gasteiger partial charge in [0.15, 0.2) is 0 Å². The van der Waals surface area contributed by atoms with Gasteiger partial charge in [0.25, 0.3) is 0 Å². The van der Waals surface area contributed by atoms with Gasteiger partial charge in [-0.25, -0.2) is 4.79 Å². The van der Waals surface area contributed by atoms with Crippen LogP contribution in [0.4, 0.5) is 0 Å². The van der Waals surface area contributed by atoms with Gasteiger partial charge in [0.05, 0.1) is 12.7 Å². The number of aliphatic hydroxyl groups is 1. The van der Waals surface area contributed by atoms with Crippen LogP contribution in [-0.4, -0.2) is 18.2 Å². The van der Waals surface area contributed by atoms with Crippen molar-refractivity contribution in [2.45, 2.75) is 16.8 Å². The van der Waals surface area contributed by atoms with Crippen LogP contribution in [0.2, 0.25) is 0 Å². The fourth-order valence-electron chi connectivity index (χ4n) is 2.39.